The highest BCUT2D eigenvalue weighted by Crippen LogP contribution is 2.36. The lowest BCUT2D eigenvalue weighted by Crippen LogP contribution is -2.32. The van der Waals surface area contributed by atoms with Gasteiger partial charge in [-0.3, -0.25) is 9.59 Å². The number of nitrogens with one attached hydrogen (secondary N) is 1. The van der Waals surface area contributed by atoms with Gasteiger partial charge in [0.05, 0.1) is 22.8 Å². The third-order valence-electron chi connectivity index (χ3n) is 6.70. The lowest BCUT2D eigenvalue weighted by Gasteiger charge is -2.24. The van der Waals surface area contributed by atoms with E-state index in [1.54, 1.807) is 48.5 Å². The molecular formula is C31H23ClFN3O3. The van der Waals surface area contributed by atoms with Crippen molar-refractivity contribution in [2.45, 2.75) is 18.9 Å². The first-order valence-electron chi connectivity index (χ1n) is 12.4. The van der Waals surface area contributed by atoms with E-state index in [0.717, 1.165) is 0 Å². The number of hydrogen-bond acceptors (Lipinski definition) is 4. The molecule has 4 aromatic carbocycles. The molecule has 39 heavy (non-hydrogen) atoms. The zero-order chi connectivity index (χ0) is 27.5. The van der Waals surface area contributed by atoms with E-state index in [1.165, 1.54) is 35.2 Å². The van der Waals surface area contributed by atoms with Gasteiger partial charge in [0.2, 0.25) is 0 Å². The normalized spacial score (nSPS) is 14.6. The van der Waals surface area contributed by atoms with Crippen LogP contribution in [-0.4, -0.2) is 23.5 Å². The minimum absolute atomic E-state index is 0.0509. The van der Waals surface area contributed by atoms with Gasteiger partial charge >= 0.3 is 0 Å². The van der Waals surface area contributed by atoms with Gasteiger partial charge < -0.3 is 15.3 Å². The quantitative estimate of drug-likeness (QED) is 0.300. The molecule has 0 radical (unpaired) electrons. The highest BCUT2D eigenvalue weighted by molar-refractivity contribution is 6.30. The number of aliphatic hydroxyl groups excluding tert-OH is 1. The van der Waals surface area contributed by atoms with E-state index >= 15 is 0 Å². The van der Waals surface area contributed by atoms with Gasteiger partial charge in [-0.05, 0) is 66.4 Å². The maximum Gasteiger partial charge on any atom is 0.259 e. The number of benzene rings is 4. The number of halogens is 2. The Morgan fingerprint density at radius 2 is 1.82 bits per heavy atom. The van der Waals surface area contributed by atoms with Crippen LogP contribution in [0.2, 0.25) is 5.02 Å². The Labute approximate surface area is 229 Å². The molecule has 0 spiro atoms. The lowest BCUT2D eigenvalue weighted by atomic mass is 9.98. The zero-order valence-corrected chi connectivity index (χ0v) is 21.5. The van der Waals surface area contributed by atoms with Gasteiger partial charge in [-0.15, -0.1) is 0 Å². The number of hydrogen-bond donors (Lipinski definition) is 2. The third-order valence-corrected chi connectivity index (χ3v) is 6.93. The van der Waals surface area contributed by atoms with Crippen molar-refractivity contribution >= 4 is 34.8 Å². The zero-order valence-electron chi connectivity index (χ0n) is 20.7. The van der Waals surface area contributed by atoms with Gasteiger partial charge in [0.25, 0.3) is 11.8 Å². The molecule has 1 aliphatic rings. The van der Waals surface area contributed by atoms with Crippen molar-refractivity contribution in [1.29, 1.82) is 5.26 Å². The molecule has 1 aliphatic heterocycles. The molecule has 0 bridgehead atoms. The monoisotopic (exact) mass is 539 g/mol. The van der Waals surface area contributed by atoms with E-state index in [9.17, 15) is 24.3 Å². The van der Waals surface area contributed by atoms with Crippen molar-refractivity contribution in [2.24, 2.45) is 0 Å². The van der Waals surface area contributed by atoms with E-state index in [4.69, 9.17) is 11.6 Å². The number of aliphatic hydroxyl groups is 1. The average Bonchev–Trinajstić information content (AvgIpc) is 3.11. The van der Waals surface area contributed by atoms with Crippen molar-refractivity contribution in [3.05, 3.63) is 118 Å². The largest absolute Gasteiger partial charge is 0.388 e. The first-order chi connectivity index (χ1) is 18.9. The van der Waals surface area contributed by atoms with Gasteiger partial charge in [0, 0.05) is 28.5 Å². The van der Waals surface area contributed by atoms with Crippen LogP contribution >= 0.6 is 11.6 Å². The summed E-state index contributed by atoms with van der Waals surface area (Å²) in [5, 5.41) is 23.5. The minimum Gasteiger partial charge on any atom is -0.388 e. The maximum atomic E-state index is 14.8. The van der Waals surface area contributed by atoms with Crippen LogP contribution in [0, 0.1) is 17.1 Å². The van der Waals surface area contributed by atoms with Gasteiger partial charge in [0.1, 0.15) is 11.9 Å². The Morgan fingerprint density at radius 3 is 2.59 bits per heavy atom. The summed E-state index contributed by atoms with van der Waals surface area (Å²) in [6, 6.07) is 24.8. The first-order valence-corrected chi connectivity index (χ1v) is 12.7. The van der Waals surface area contributed by atoms with Crippen LogP contribution in [-0.2, 0) is 0 Å². The molecule has 2 amide bonds. The van der Waals surface area contributed by atoms with E-state index in [2.05, 4.69) is 5.32 Å². The Bertz CT molecular complexity index is 1620. The van der Waals surface area contributed by atoms with Crippen LogP contribution in [0.15, 0.2) is 84.9 Å². The summed E-state index contributed by atoms with van der Waals surface area (Å²) in [6.07, 6.45) is 0.263. The van der Waals surface area contributed by atoms with Gasteiger partial charge in [-0.1, -0.05) is 54.1 Å². The van der Waals surface area contributed by atoms with Crippen molar-refractivity contribution in [1.82, 2.24) is 0 Å². The van der Waals surface area contributed by atoms with Crippen LogP contribution in [0.5, 0.6) is 0 Å². The van der Waals surface area contributed by atoms with Crippen LogP contribution in [0.4, 0.5) is 15.8 Å². The van der Waals surface area contributed by atoms with E-state index in [1.807, 2.05) is 12.1 Å². The summed E-state index contributed by atoms with van der Waals surface area (Å²) in [5.74, 6) is -1.77. The SMILES string of the molecule is N#Cc1cc(NC(=O)c2c(F)cccc2-c2ccccc2)ccc1C(=O)N1CCCC(O)c2cc(Cl)ccc21. The van der Waals surface area contributed by atoms with Crippen molar-refractivity contribution < 1.29 is 19.1 Å². The fourth-order valence-corrected chi connectivity index (χ4v) is 5.00. The second kappa shape index (κ2) is 11.1. The number of amides is 2. The number of carbonyl (C=O) groups excluding carboxylic acids is 2. The molecule has 0 aromatic heterocycles. The summed E-state index contributed by atoms with van der Waals surface area (Å²) in [5.41, 5.74) is 2.51. The molecule has 2 N–H and O–H groups in total. The molecule has 0 saturated carbocycles. The summed E-state index contributed by atoms with van der Waals surface area (Å²) in [4.78, 5) is 28.3. The predicted octanol–water partition coefficient (Wildman–Crippen LogP) is 6.74. The van der Waals surface area contributed by atoms with Crippen molar-refractivity contribution in [3.63, 3.8) is 0 Å². The predicted molar refractivity (Wildman–Crippen MR) is 148 cm³/mol. The molecule has 0 aliphatic carbocycles. The Hall–Kier alpha value is -4.51. The number of fused-ring (bicyclic) bond motifs is 1. The van der Waals surface area contributed by atoms with Crippen molar-refractivity contribution in [3.8, 4) is 17.2 Å². The summed E-state index contributed by atoms with van der Waals surface area (Å²) < 4.78 is 14.8. The number of carbonyl (C=O) groups is 2. The Kier molecular flexibility index (Phi) is 7.42. The topological polar surface area (TPSA) is 93.4 Å². The summed E-state index contributed by atoms with van der Waals surface area (Å²) >= 11 is 6.13. The van der Waals surface area contributed by atoms with Crippen molar-refractivity contribution in [2.75, 3.05) is 16.8 Å². The molecule has 0 saturated heterocycles. The molecule has 5 rings (SSSR count). The van der Waals surface area contributed by atoms with E-state index < -0.39 is 23.7 Å². The Morgan fingerprint density at radius 1 is 1.03 bits per heavy atom. The van der Waals surface area contributed by atoms with Gasteiger partial charge in [0.15, 0.2) is 0 Å². The molecule has 1 heterocycles. The van der Waals surface area contributed by atoms with Crippen LogP contribution in [0.3, 0.4) is 0 Å². The smallest absolute Gasteiger partial charge is 0.259 e. The number of nitriles is 1. The minimum atomic E-state index is -0.760. The number of anilines is 2. The molecule has 4 aromatic rings. The van der Waals surface area contributed by atoms with E-state index in [-0.39, 0.29) is 22.4 Å². The first kappa shape index (κ1) is 26.1. The summed E-state index contributed by atoms with van der Waals surface area (Å²) in [7, 11) is 0. The number of nitrogens with zero attached hydrogens (tertiary/aromatic N) is 2. The molecule has 8 heteroatoms. The highest BCUT2D eigenvalue weighted by atomic mass is 35.5. The standard InChI is InChI=1S/C31H23ClFN3O3/c32-21-11-14-27-25(17-21)28(37)10-5-15-36(27)31(39)24-13-12-22(16-20(24)18-34)35-30(38)29-23(8-4-9-26(29)33)19-6-2-1-3-7-19/h1-4,6-9,11-14,16-17,28,37H,5,10,15H2,(H,35,38). The second-order valence-corrected chi connectivity index (χ2v) is 9.61. The lowest BCUT2D eigenvalue weighted by molar-refractivity contribution is 0.0985. The van der Waals surface area contributed by atoms with Crippen LogP contribution < -0.4 is 10.2 Å². The maximum absolute atomic E-state index is 14.8. The highest BCUT2D eigenvalue weighted by Gasteiger charge is 2.28. The fourth-order valence-electron chi connectivity index (χ4n) is 4.82. The van der Waals surface area contributed by atoms with E-state index in [0.29, 0.717) is 46.8 Å². The molecule has 0 fully saturated rings. The molecular weight excluding hydrogens is 517 g/mol. The molecule has 1 unspecified atom stereocenters. The molecule has 1 atom stereocenters. The second-order valence-electron chi connectivity index (χ2n) is 9.17. The fraction of sp³-hybridized carbons (Fsp3) is 0.129. The average molecular weight is 540 g/mol. The molecule has 6 nitrogen and oxygen atoms in total. The summed E-state index contributed by atoms with van der Waals surface area (Å²) in [6.45, 7) is 0.351. The number of rotatable bonds is 4. The Balaban J connectivity index is 1.45. The van der Waals surface area contributed by atoms with Crippen LogP contribution in [0.1, 0.15) is 50.8 Å². The van der Waals surface area contributed by atoms with Gasteiger partial charge in [-0.2, -0.15) is 5.26 Å². The third kappa shape index (κ3) is 5.26. The molecule has 194 valence electrons. The van der Waals surface area contributed by atoms with Gasteiger partial charge in [-0.25, -0.2) is 4.39 Å². The van der Waals surface area contributed by atoms with Crippen LogP contribution in [0.25, 0.3) is 11.1 Å².